The van der Waals surface area contributed by atoms with Gasteiger partial charge in [-0.05, 0) is 24.5 Å². The van der Waals surface area contributed by atoms with Crippen LogP contribution < -0.4 is 4.74 Å². The molecule has 0 amide bonds. The van der Waals surface area contributed by atoms with Crippen LogP contribution in [0.15, 0.2) is 6.07 Å². The summed E-state index contributed by atoms with van der Waals surface area (Å²) in [7, 11) is 0. The number of carbonyl (C=O) groups is 2. The van der Waals surface area contributed by atoms with Gasteiger partial charge in [0.1, 0.15) is 10.8 Å². The first-order valence-corrected chi connectivity index (χ1v) is 7.46. The van der Waals surface area contributed by atoms with Crippen molar-refractivity contribution in [3.05, 3.63) is 27.2 Å². The largest absolute Gasteiger partial charge is 0.480 e. The molecule has 1 aliphatic rings. The van der Waals surface area contributed by atoms with Crippen LogP contribution in [0.5, 0.6) is 5.75 Å². The predicted octanol–water partition coefficient (Wildman–Crippen LogP) is 4.00. The molecule has 1 aliphatic carbocycles. The van der Waals surface area contributed by atoms with Gasteiger partial charge in [0.2, 0.25) is 0 Å². The summed E-state index contributed by atoms with van der Waals surface area (Å²) in [5, 5.41) is 8.91. The fourth-order valence-corrected chi connectivity index (χ4v) is 3.34. The molecule has 0 spiro atoms. The lowest BCUT2D eigenvalue weighted by Crippen LogP contribution is -2.23. The normalized spacial score (nSPS) is 20.5. The number of benzene rings is 1. The number of Topliss-reactive ketones (excluding diaryl/α,β-unsaturated/α-hetero) is 1. The summed E-state index contributed by atoms with van der Waals surface area (Å²) in [4.78, 5) is 23.2. The number of hydrogen-bond acceptors (Lipinski definition) is 3. The second-order valence-corrected chi connectivity index (χ2v) is 6.29. The van der Waals surface area contributed by atoms with Gasteiger partial charge in [-0.3, -0.25) is 4.79 Å². The molecule has 0 bridgehead atoms. The molecule has 21 heavy (non-hydrogen) atoms. The van der Waals surface area contributed by atoms with Gasteiger partial charge in [-0.1, -0.05) is 43.5 Å². The van der Waals surface area contributed by atoms with Crippen LogP contribution >= 0.6 is 23.2 Å². The molecule has 0 aliphatic heterocycles. The number of carboxylic acids is 1. The first-order chi connectivity index (χ1) is 9.80. The maximum absolute atomic E-state index is 12.6. The maximum atomic E-state index is 12.6. The van der Waals surface area contributed by atoms with Gasteiger partial charge in [0, 0.05) is 11.0 Å². The predicted molar refractivity (Wildman–Crippen MR) is 80.6 cm³/mol. The zero-order chi connectivity index (χ0) is 15.8. The van der Waals surface area contributed by atoms with E-state index in [2.05, 4.69) is 0 Å². The van der Waals surface area contributed by atoms with Gasteiger partial charge in [0.25, 0.3) is 0 Å². The Balaban J connectivity index is 2.42. The Labute approximate surface area is 133 Å². The van der Waals surface area contributed by atoms with Crippen LogP contribution in [-0.4, -0.2) is 23.5 Å². The zero-order valence-corrected chi connectivity index (χ0v) is 13.3. The van der Waals surface area contributed by atoms with E-state index in [4.69, 9.17) is 33.0 Å². The van der Waals surface area contributed by atoms with Crippen LogP contribution in [0.4, 0.5) is 0 Å². The van der Waals surface area contributed by atoms with Crippen LogP contribution in [-0.2, 0) is 11.2 Å². The minimum Gasteiger partial charge on any atom is -0.480 e. The molecule has 114 valence electrons. The molecule has 1 atom stereocenters. The van der Waals surface area contributed by atoms with Gasteiger partial charge < -0.3 is 9.84 Å². The molecule has 1 unspecified atom stereocenters. The van der Waals surface area contributed by atoms with E-state index in [0.29, 0.717) is 12.0 Å². The van der Waals surface area contributed by atoms with Crippen molar-refractivity contribution >= 4 is 35.0 Å². The van der Waals surface area contributed by atoms with Crippen LogP contribution in [0.2, 0.25) is 10.0 Å². The molecular formula is C15H16Cl2O4. The molecule has 4 nitrogen and oxygen atoms in total. The summed E-state index contributed by atoms with van der Waals surface area (Å²) in [6.07, 6.45) is 2.22. The van der Waals surface area contributed by atoms with Crippen molar-refractivity contribution in [2.24, 2.45) is 5.41 Å². The van der Waals surface area contributed by atoms with Gasteiger partial charge >= 0.3 is 5.97 Å². The number of ether oxygens (including phenoxy) is 1. The number of carbonyl (C=O) groups excluding carboxylic acids is 1. The molecule has 1 aromatic carbocycles. The summed E-state index contributed by atoms with van der Waals surface area (Å²) in [5.41, 5.74) is 0.737. The molecule has 2 rings (SSSR count). The van der Waals surface area contributed by atoms with E-state index in [0.717, 1.165) is 18.4 Å². The zero-order valence-electron chi connectivity index (χ0n) is 11.8. The third-order valence-corrected chi connectivity index (χ3v) is 4.61. The van der Waals surface area contributed by atoms with Gasteiger partial charge in [-0.25, -0.2) is 4.79 Å². The van der Waals surface area contributed by atoms with Crippen molar-refractivity contribution in [2.45, 2.75) is 33.1 Å². The molecule has 0 fully saturated rings. The fourth-order valence-electron chi connectivity index (χ4n) is 2.84. The highest BCUT2D eigenvalue weighted by molar-refractivity contribution is 6.45. The van der Waals surface area contributed by atoms with Crippen molar-refractivity contribution in [2.75, 3.05) is 6.61 Å². The maximum Gasteiger partial charge on any atom is 0.341 e. The number of halogens is 2. The number of hydrogen-bond donors (Lipinski definition) is 1. The second-order valence-electron chi connectivity index (χ2n) is 5.54. The number of carboxylic acid groups (broad SMARTS) is 1. The lowest BCUT2D eigenvalue weighted by Gasteiger charge is -2.20. The quantitative estimate of drug-likeness (QED) is 0.886. The summed E-state index contributed by atoms with van der Waals surface area (Å²) in [5.74, 6) is -0.901. The topological polar surface area (TPSA) is 63.6 Å². The van der Waals surface area contributed by atoms with Crippen LogP contribution in [0.25, 0.3) is 0 Å². The van der Waals surface area contributed by atoms with Crippen molar-refractivity contribution in [1.29, 1.82) is 0 Å². The molecule has 1 N–H and O–H groups in total. The van der Waals surface area contributed by atoms with E-state index in [9.17, 15) is 9.59 Å². The number of rotatable bonds is 5. The van der Waals surface area contributed by atoms with E-state index in [1.54, 1.807) is 6.07 Å². The Bertz CT molecular complexity index is 612. The van der Waals surface area contributed by atoms with E-state index >= 15 is 0 Å². The van der Waals surface area contributed by atoms with Gasteiger partial charge in [-0.2, -0.15) is 0 Å². The van der Waals surface area contributed by atoms with Crippen LogP contribution in [0.1, 0.15) is 42.6 Å². The Morgan fingerprint density at radius 3 is 2.67 bits per heavy atom. The molecular weight excluding hydrogens is 315 g/mol. The third-order valence-electron chi connectivity index (χ3n) is 3.76. The number of ketones is 1. The Morgan fingerprint density at radius 1 is 1.43 bits per heavy atom. The Hall–Kier alpha value is -1.26. The van der Waals surface area contributed by atoms with Crippen molar-refractivity contribution in [3.8, 4) is 5.75 Å². The van der Waals surface area contributed by atoms with Crippen LogP contribution in [0, 0.1) is 5.41 Å². The second kappa shape index (κ2) is 5.85. The monoisotopic (exact) mass is 330 g/mol. The summed E-state index contributed by atoms with van der Waals surface area (Å²) in [6, 6.07) is 1.63. The molecule has 0 heterocycles. The van der Waals surface area contributed by atoms with Crippen LogP contribution in [0.3, 0.4) is 0 Å². The first-order valence-electron chi connectivity index (χ1n) is 6.70. The van der Waals surface area contributed by atoms with Crippen molar-refractivity contribution in [3.63, 3.8) is 0 Å². The standard InChI is InChI=1S/C15H16Cl2O4/c1-3-4-15(2)6-8-5-9(21-7-10(18)19)12(16)13(17)11(8)14(15)20/h5H,3-4,6-7H2,1-2H3,(H,18,19). The fraction of sp³-hybridized carbons (Fsp3) is 0.467. The van der Waals surface area contributed by atoms with Crippen molar-refractivity contribution in [1.82, 2.24) is 0 Å². The SMILES string of the molecule is CCCC1(C)Cc2cc(OCC(=O)O)c(Cl)c(Cl)c2C1=O. The highest BCUT2D eigenvalue weighted by atomic mass is 35.5. The van der Waals surface area contributed by atoms with E-state index in [-0.39, 0.29) is 21.6 Å². The smallest absolute Gasteiger partial charge is 0.341 e. The highest BCUT2D eigenvalue weighted by Crippen LogP contribution is 2.47. The van der Waals surface area contributed by atoms with Gasteiger partial charge in [-0.15, -0.1) is 0 Å². The minimum absolute atomic E-state index is 0.00367. The first kappa shape index (κ1) is 16.1. The molecule has 6 heteroatoms. The molecule has 0 saturated heterocycles. The van der Waals surface area contributed by atoms with E-state index in [1.165, 1.54) is 0 Å². The molecule has 0 aromatic heterocycles. The molecule has 0 saturated carbocycles. The Morgan fingerprint density at radius 2 is 2.10 bits per heavy atom. The third kappa shape index (κ3) is 2.87. The van der Waals surface area contributed by atoms with E-state index in [1.807, 2.05) is 13.8 Å². The van der Waals surface area contributed by atoms with Gasteiger partial charge in [0.05, 0.1) is 5.02 Å². The van der Waals surface area contributed by atoms with Gasteiger partial charge in [0.15, 0.2) is 12.4 Å². The highest BCUT2D eigenvalue weighted by Gasteiger charge is 2.43. The number of fused-ring (bicyclic) bond motifs is 1. The lowest BCUT2D eigenvalue weighted by molar-refractivity contribution is -0.139. The lowest BCUT2D eigenvalue weighted by atomic mass is 9.82. The average Bonchev–Trinajstić information content (AvgIpc) is 2.64. The summed E-state index contributed by atoms with van der Waals surface area (Å²) >= 11 is 12.3. The summed E-state index contributed by atoms with van der Waals surface area (Å²) in [6.45, 7) is 3.44. The molecule has 0 radical (unpaired) electrons. The number of aliphatic carboxylic acids is 1. The minimum atomic E-state index is -1.10. The van der Waals surface area contributed by atoms with Crippen molar-refractivity contribution < 1.29 is 19.4 Å². The summed E-state index contributed by atoms with van der Waals surface area (Å²) < 4.78 is 5.14. The molecule has 1 aromatic rings. The average molecular weight is 331 g/mol. The Kier molecular flexibility index (Phi) is 4.49. The van der Waals surface area contributed by atoms with E-state index < -0.39 is 18.0 Å².